The first kappa shape index (κ1) is 16.0. The van der Waals surface area contributed by atoms with Crippen LogP contribution in [0.3, 0.4) is 0 Å². The monoisotopic (exact) mass is 292 g/mol. The topological polar surface area (TPSA) is 70.3 Å². The molecule has 1 unspecified atom stereocenters. The Balaban J connectivity index is 2.34. The van der Waals surface area contributed by atoms with Crippen molar-refractivity contribution < 1.29 is 0 Å². The molecule has 118 valence electrons. The standard InChI is InChI=1S/C15H28N6/c1-10(2)13-17-14(19-16)11(3)15(18-13)21(5)12-7-6-8-20(4)9-12/h10,12H,6-9,16H2,1-5H3,(H,17,18,19). The molecule has 0 bridgehead atoms. The van der Waals surface area contributed by atoms with Crippen molar-refractivity contribution in [1.82, 2.24) is 14.9 Å². The molecule has 3 N–H and O–H groups in total. The number of hydrogen-bond acceptors (Lipinski definition) is 6. The van der Waals surface area contributed by atoms with Crippen molar-refractivity contribution in [2.45, 2.75) is 45.6 Å². The maximum atomic E-state index is 5.62. The Hall–Kier alpha value is -1.40. The molecule has 0 aliphatic carbocycles. The predicted octanol–water partition coefficient (Wildman–Crippen LogP) is 1.72. The predicted molar refractivity (Wildman–Crippen MR) is 87.6 cm³/mol. The highest BCUT2D eigenvalue weighted by Crippen LogP contribution is 2.28. The molecule has 1 aromatic heterocycles. The van der Waals surface area contributed by atoms with E-state index in [2.05, 4.69) is 48.2 Å². The van der Waals surface area contributed by atoms with E-state index in [0.29, 0.717) is 6.04 Å². The van der Waals surface area contributed by atoms with Gasteiger partial charge in [0.1, 0.15) is 17.5 Å². The Kier molecular flexibility index (Phi) is 5.00. The minimum absolute atomic E-state index is 0.277. The zero-order valence-electron chi connectivity index (χ0n) is 13.8. The van der Waals surface area contributed by atoms with Crippen molar-refractivity contribution in [3.63, 3.8) is 0 Å². The fourth-order valence-corrected chi connectivity index (χ4v) is 2.89. The first-order chi connectivity index (χ1) is 9.93. The first-order valence-electron chi connectivity index (χ1n) is 7.70. The molecule has 1 aromatic rings. The molecule has 1 fully saturated rings. The van der Waals surface area contributed by atoms with Gasteiger partial charge in [0.2, 0.25) is 0 Å². The van der Waals surface area contributed by atoms with Crippen molar-refractivity contribution in [3.05, 3.63) is 11.4 Å². The number of aromatic nitrogens is 2. The lowest BCUT2D eigenvalue weighted by Crippen LogP contribution is -2.45. The van der Waals surface area contributed by atoms with Crippen molar-refractivity contribution in [2.24, 2.45) is 5.84 Å². The van der Waals surface area contributed by atoms with E-state index in [1.807, 2.05) is 6.92 Å². The minimum atomic E-state index is 0.277. The molecule has 6 heteroatoms. The number of hydrazine groups is 1. The van der Waals surface area contributed by atoms with Crippen molar-refractivity contribution >= 4 is 11.6 Å². The highest BCUT2D eigenvalue weighted by molar-refractivity contribution is 5.58. The normalized spacial score (nSPS) is 19.9. The molecule has 2 heterocycles. The molecule has 0 aromatic carbocycles. The van der Waals surface area contributed by atoms with E-state index in [1.54, 1.807) is 0 Å². The number of hydrogen-bond donors (Lipinski definition) is 2. The summed E-state index contributed by atoms with van der Waals surface area (Å²) in [6, 6.07) is 0.489. The maximum Gasteiger partial charge on any atom is 0.148 e. The Morgan fingerprint density at radius 3 is 2.67 bits per heavy atom. The molecule has 1 aliphatic rings. The molecule has 6 nitrogen and oxygen atoms in total. The summed E-state index contributed by atoms with van der Waals surface area (Å²) in [4.78, 5) is 14.0. The number of nitrogen functional groups attached to an aromatic ring is 1. The third-order valence-corrected chi connectivity index (χ3v) is 4.27. The average Bonchev–Trinajstić information content (AvgIpc) is 2.46. The summed E-state index contributed by atoms with van der Waals surface area (Å²) in [7, 11) is 4.31. The molecule has 1 saturated heterocycles. The van der Waals surface area contributed by atoms with Gasteiger partial charge < -0.3 is 15.2 Å². The SMILES string of the molecule is Cc1c(NN)nc(C(C)C)nc1N(C)C1CCCN(C)C1. The number of nitrogens with zero attached hydrogens (tertiary/aromatic N) is 4. The molecular weight excluding hydrogens is 264 g/mol. The van der Waals surface area contributed by atoms with E-state index in [9.17, 15) is 0 Å². The molecule has 1 atom stereocenters. The van der Waals surface area contributed by atoms with Crippen molar-refractivity contribution in [2.75, 3.05) is 37.5 Å². The summed E-state index contributed by atoms with van der Waals surface area (Å²) in [5.74, 6) is 8.44. The lowest BCUT2D eigenvalue weighted by Gasteiger charge is -2.37. The van der Waals surface area contributed by atoms with E-state index < -0.39 is 0 Å². The molecule has 0 amide bonds. The van der Waals surface area contributed by atoms with E-state index in [4.69, 9.17) is 10.8 Å². The fraction of sp³-hybridized carbons (Fsp3) is 0.733. The van der Waals surface area contributed by atoms with Crippen LogP contribution in [-0.4, -0.2) is 48.1 Å². The Morgan fingerprint density at radius 1 is 1.38 bits per heavy atom. The van der Waals surface area contributed by atoms with Gasteiger partial charge in [-0.1, -0.05) is 13.8 Å². The smallest absolute Gasteiger partial charge is 0.148 e. The molecular formula is C15H28N6. The number of nitrogens with two attached hydrogens (primary N) is 1. The zero-order valence-corrected chi connectivity index (χ0v) is 13.8. The molecule has 0 saturated carbocycles. The van der Waals surface area contributed by atoms with E-state index in [1.165, 1.54) is 19.4 Å². The van der Waals surface area contributed by atoms with Crippen LogP contribution in [0.25, 0.3) is 0 Å². The number of likely N-dealkylation sites (tertiary alicyclic amines) is 1. The van der Waals surface area contributed by atoms with Gasteiger partial charge in [0.15, 0.2) is 0 Å². The second-order valence-corrected chi connectivity index (χ2v) is 6.35. The quantitative estimate of drug-likeness (QED) is 0.650. The van der Waals surface area contributed by atoms with Gasteiger partial charge in [-0.25, -0.2) is 15.8 Å². The molecule has 2 rings (SSSR count). The van der Waals surface area contributed by atoms with Crippen LogP contribution in [0.1, 0.15) is 44.0 Å². The van der Waals surface area contributed by atoms with E-state index >= 15 is 0 Å². The Bertz CT molecular complexity index is 487. The number of likely N-dealkylation sites (N-methyl/N-ethyl adjacent to an activating group) is 2. The lowest BCUT2D eigenvalue weighted by molar-refractivity contribution is 0.247. The Morgan fingerprint density at radius 2 is 2.10 bits per heavy atom. The van der Waals surface area contributed by atoms with Crippen molar-refractivity contribution in [1.29, 1.82) is 0 Å². The van der Waals surface area contributed by atoms with Crippen LogP contribution >= 0.6 is 0 Å². The van der Waals surface area contributed by atoms with Crippen LogP contribution in [0.4, 0.5) is 11.6 Å². The van der Waals surface area contributed by atoms with Crippen LogP contribution in [0.15, 0.2) is 0 Å². The van der Waals surface area contributed by atoms with Crippen LogP contribution in [0.2, 0.25) is 0 Å². The summed E-state index contributed by atoms with van der Waals surface area (Å²) >= 11 is 0. The lowest BCUT2D eigenvalue weighted by atomic mass is 10.0. The van der Waals surface area contributed by atoms with Gasteiger partial charge in [0, 0.05) is 31.1 Å². The average molecular weight is 292 g/mol. The maximum absolute atomic E-state index is 5.62. The van der Waals surface area contributed by atoms with Gasteiger partial charge in [0.05, 0.1) is 0 Å². The van der Waals surface area contributed by atoms with Crippen LogP contribution < -0.4 is 16.2 Å². The summed E-state index contributed by atoms with van der Waals surface area (Å²) in [6.07, 6.45) is 2.43. The molecule has 1 aliphatic heterocycles. The van der Waals surface area contributed by atoms with Gasteiger partial charge in [-0.15, -0.1) is 0 Å². The summed E-state index contributed by atoms with van der Waals surface area (Å²) in [5.41, 5.74) is 3.72. The van der Waals surface area contributed by atoms with E-state index in [-0.39, 0.29) is 5.92 Å². The van der Waals surface area contributed by atoms with Gasteiger partial charge in [-0.05, 0) is 33.4 Å². The number of anilines is 2. The van der Waals surface area contributed by atoms with Gasteiger partial charge in [0.25, 0.3) is 0 Å². The van der Waals surface area contributed by atoms with Crippen LogP contribution in [0, 0.1) is 6.92 Å². The second kappa shape index (κ2) is 6.58. The highest BCUT2D eigenvalue weighted by atomic mass is 15.3. The van der Waals surface area contributed by atoms with Gasteiger partial charge in [-0.2, -0.15) is 0 Å². The second-order valence-electron chi connectivity index (χ2n) is 6.35. The third kappa shape index (κ3) is 3.44. The fourth-order valence-electron chi connectivity index (χ4n) is 2.89. The molecule has 0 spiro atoms. The van der Waals surface area contributed by atoms with Crippen LogP contribution in [-0.2, 0) is 0 Å². The van der Waals surface area contributed by atoms with Crippen LogP contribution in [0.5, 0.6) is 0 Å². The third-order valence-electron chi connectivity index (χ3n) is 4.27. The number of nitrogens with one attached hydrogen (secondary N) is 1. The first-order valence-corrected chi connectivity index (χ1v) is 7.70. The summed E-state index contributed by atoms with van der Waals surface area (Å²) < 4.78 is 0. The summed E-state index contributed by atoms with van der Waals surface area (Å²) in [5, 5.41) is 0. The molecule has 21 heavy (non-hydrogen) atoms. The van der Waals surface area contributed by atoms with E-state index in [0.717, 1.165) is 29.6 Å². The largest absolute Gasteiger partial charge is 0.355 e. The number of piperidine rings is 1. The molecule has 0 radical (unpaired) electrons. The minimum Gasteiger partial charge on any atom is -0.355 e. The Labute approximate surface area is 127 Å². The van der Waals surface area contributed by atoms with Gasteiger partial charge in [-0.3, -0.25) is 0 Å². The van der Waals surface area contributed by atoms with Gasteiger partial charge >= 0.3 is 0 Å². The zero-order chi connectivity index (χ0) is 15.6. The number of rotatable bonds is 4. The summed E-state index contributed by atoms with van der Waals surface area (Å²) in [6.45, 7) is 8.48. The van der Waals surface area contributed by atoms with Crippen molar-refractivity contribution in [3.8, 4) is 0 Å². The highest BCUT2D eigenvalue weighted by Gasteiger charge is 2.25.